The number of oxazole rings is 1. The summed E-state index contributed by atoms with van der Waals surface area (Å²) in [4.78, 5) is 4.24. The van der Waals surface area contributed by atoms with Crippen LogP contribution in [0.1, 0.15) is 37.3 Å². The van der Waals surface area contributed by atoms with Gasteiger partial charge in [-0.25, -0.2) is 4.98 Å². The van der Waals surface area contributed by atoms with Crippen LogP contribution in [0.15, 0.2) is 43.8 Å². The summed E-state index contributed by atoms with van der Waals surface area (Å²) in [5.41, 5.74) is 0.895. The zero-order chi connectivity index (χ0) is 14.8. The predicted molar refractivity (Wildman–Crippen MR) is 85.0 cm³/mol. The first-order valence-electron chi connectivity index (χ1n) is 7.01. The van der Waals surface area contributed by atoms with Crippen molar-refractivity contribution in [1.29, 1.82) is 0 Å². The molecular formula is C16H17BrN2O2. The first-order valence-corrected chi connectivity index (χ1v) is 7.81. The number of aryl methyl sites for hydroxylation is 1. The molecule has 0 amide bonds. The molecule has 5 heteroatoms. The van der Waals surface area contributed by atoms with E-state index in [1.807, 2.05) is 19.1 Å². The molecule has 0 bridgehead atoms. The SMILES string of the molecule is CCc1cnc(CNC(C)c2cc3cc(Br)ccc3o2)o1. The molecule has 0 spiro atoms. The summed E-state index contributed by atoms with van der Waals surface area (Å²) < 4.78 is 12.5. The van der Waals surface area contributed by atoms with Gasteiger partial charge in [0.05, 0.1) is 18.8 Å². The number of rotatable bonds is 5. The maximum absolute atomic E-state index is 5.87. The van der Waals surface area contributed by atoms with Crippen molar-refractivity contribution in [3.63, 3.8) is 0 Å². The molecule has 0 radical (unpaired) electrons. The van der Waals surface area contributed by atoms with Gasteiger partial charge in [-0.2, -0.15) is 0 Å². The molecule has 1 aromatic carbocycles. The topological polar surface area (TPSA) is 51.2 Å². The zero-order valence-electron chi connectivity index (χ0n) is 12.0. The van der Waals surface area contributed by atoms with E-state index < -0.39 is 0 Å². The van der Waals surface area contributed by atoms with Gasteiger partial charge >= 0.3 is 0 Å². The van der Waals surface area contributed by atoms with Crippen LogP contribution in [0.2, 0.25) is 0 Å². The first-order chi connectivity index (χ1) is 10.2. The molecule has 2 aromatic heterocycles. The van der Waals surface area contributed by atoms with E-state index in [2.05, 4.69) is 45.3 Å². The number of hydrogen-bond acceptors (Lipinski definition) is 4. The second-order valence-electron chi connectivity index (χ2n) is 5.01. The molecule has 21 heavy (non-hydrogen) atoms. The van der Waals surface area contributed by atoms with E-state index in [-0.39, 0.29) is 6.04 Å². The minimum Gasteiger partial charge on any atom is -0.459 e. The third kappa shape index (κ3) is 3.19. The second kappa shape index (κ2) is 6.03. The van der Waals surface area contributed by atoms with Gasteiger partial charge in [0.15, 0.2) is 0 Å². The van der Waals surface area contributed by atoms with Crippen LogP contribution >= 0.6 is 15.9 Å². The number of hydrogen-bond donors (Lipinski definition) is 1. The van der Waals surface area contributed by atoms with Crippen LogP contribution in [0.3, 0.4) is 0 Å². The van der Waals surface area contributed by atoms with Gasteiger partial charge < -0.3 is 8.83 Å². The van der Waals surface area contributed by atoms with Crippen molar-refractivity contribution < 1.29 is 8.83 Å². The number of nitrogens with one attached hydrogen (secondary N) is 1. The van der Waals surface area contributed by atoms with Crippen LogP contribution in [0, 0.1) is 0 Å². The van der Waals surface area contributed by atoms with Crippen molar-refractivity contribution in [2.45, 2.75) is 32.9 Å². The Morgan fingerprint density at radius 1 is 1.29 bits per heavy atom. The average Bonchev–Trinajstić information content (AvgIpc) is 3.10. The van der Waals surface area contributed by atoms with Crippen LogP contribution in [0.25, 0.3) is 11.0 Å². The average molecular weight is 349 g/mol. The van der Waals surface area contributed by atoms with Crippen molar-refractivity contribution in [1.82, 2.24) is 10.3 Å². The molecule has 0 saturated heterocycles. The molecule has 4 nitrogen and oxygen atoms in total. The Bertz CT molecular complexity index is 748. The summed E-state index contributed by atoms with van der Waals surface area (Å²) in [5, 5.41) is 4.46. The van der Waals surface area contributed by atoms with E-state index in [1.165, 1.54) is 0 Å². The Labute approximate surface area is 131 Å². The van der Waals surface area contributed by atoms with Crippen molar-refractivity contribution in [2.24, 2.45) is 0 Å². The number of benzene rings is 1. The largest absolute Gasteiger partial charge is 0.459 e. The van der Waals surface area contributed by atoms with Gasteiger partial charge in [0.1, 0.15) is 17.1 Å². The van der Waals surface area contributed by atoms with Crippen LogP contribution in [0.4, 0.5) is 0 Å². The molecule has 0 aliphatic heterocycles. The first kappa shape index (κ1) is 14.4. The van der Waals surface area contributed by atoms with Gasteiger partial charge in [-0.05, 0) is 31.2 Å². The van der Waals surface area contributed by atoms with Gasteiger partial charge in [-0.1, -0.05) is 22.9 Å². The van der Waals surface area contributed by atoms with Crippen LogP contribution in [0.5, 0.6) is 0 Å². The van der Waals surface area contributed by atoms with Gasteiger partial charge in [0, 0.05) is 16.3 Å². The molecule has 0 aliphatic rings. The Morgan fingerprint density at radius 3 is 2.90 bits per heavy atom. The highest BCUT2D eigenvalue weighted by atomic mass is 79.9. The van der Waals surface area contributed by atoms with E-state index in [4.69, 9.17) is 8.83 Å². The lowest BCUT2D eigenvalue weighted by molar-refractivity contribution is 0.399. The third-order valence-electron chi connectivity index (χ3n) is 3.43. The molecule has 3 aromatic rings. The zero-order valence-corrected chi connectivity index (χ0v) is 13.6. The van der Waals surface area contributed by atoms with E-state index in [0.717, 1.165) is 33.4 Å². The lowest BCUT2D eigenvalue weighted by atomic mass is 10.2. The molecule has 0 aliphatic carbocycles. The number of aromatic nitrogens is 1. The summed E-state index contributed by atoms with van der Waals surface area (Å²) in [6.45, 7) is 4.70. The smallest absolute Gasteiger partial charge is 0.208 e. The molecule has 1 N–H and O–H groups in total. The van der Waals surface area contributed by atoms with E-state index >= 15 is 0 Å². The van der Waals surface area contributed by atoms with Gasteiger partial charge in [0.25, 0.3) is 0 Å². The highest BCUT2D eigenvalue weighted by Gasteiger charge is 2.12. The highest BCUT2D eigenvalue weighted by molar-refractivity contribution is 9.10. The molecule has 1 unspecified atom stereocenters. The molecule has 0 fully saturated rings. The van der Waals surface area contributed by atoms with Crippen molar-refractivity contribution >= 4 is 26.9 Å². The maximum atomic E-state index is 5.87. The van der Waals surface area contributed by atoms with Gasteiger partial charge in [-0.15, -0.1) is 0 Å². The lowest BCUT2D eigenvalue weighted by Gasteiger charge is -2.08. The normalized spacial score (nSPS) is 12.9. The fraction of sp³-hybridized carbons (Fsp3) is 0.312. The minimum absolute atomic E-state index is 0.0909. The van der Waals surface area contributed by atoms with E-state index in [1.54, 1.807) is 6.20 Å². The molecular weight excluding hydrogens is 332 g/mol. The minimum atomic E-state index is 0.0909. The molecule has 3 rings (SSSR count). The van der Waals surface area contributed by atoms with E-state index in [0.29, 0.717) is 12.4 Å². The number of nitrogens with zero attached hydrogens (tertiary/aromatic N) is 1. The summed E-state index contributed by atoms with van der Waals surface area (Å²) in [7, 11) is 0. The summed E-state index contributed by atoms with van der Waals surface area (Å²) in [6, 6.07) is 8.15. The van der Waals surface area contributed by atoms with Crippen molar-refractivity contribution in [3.8, 4) is 0 Å². The van der Waals surface area contributed by atoms with Crippen LogP contribution in [-0.2, 0) is 13.0 Å². The summed E-state index contributed by atoms with van der Waals surface area (Å²) in [6.07, 6.45) is 2.64. The van der Waals surface area contributed by atoms with Gasteiger partial charge in [0.2, 0.25) is 5.89 Å². The third-order valence-corrected chi connectivity index (χ3v) is 3.93. The lowest BCUT2D eigenvalue weighted by Crippen LogP contribution is -2.17. The fourth-order valence-corrected chi connectivity index (χ4v) is 2.56. The summed E-state index contributed by atoms with van der Waals surface area (Å²) >= 11 is 3.47. The van der Waals surface area contributed by atoms with Gasteiger partial charge in [-0.3, -0.25) is 5.32 Å². The standard InChI is InChI=1S/C16H17BrN2O2/c1-3-13-8-19-16(20-13)9-18-10(2)15-7-11-6-12(17)4-5-14(11)21-15/h4-8,10,18H,3,9H2,1-2H3. The van der Waals surface area contributed by atoms with Crippen molar-refractivity contribution in [3.05, 3.63) is 52.3 Å². The Hall–Kier alpha value is -1.59. The maximum Gasteiger partial charge on any atom is 0.208 e. The number of furan rings is 1. The monoisotopic (exact) mass is 348 g/mol. The number of halogens is 1. The number of fused-ring (bicyclic) bond motifs is 1. The quantitative estimate of drug-likeness (QED) is 0.732. The van der Waals surface area contributed by atoms with Crippen molar-refractivity contribution in [2.75, 3.05) is 0 Å². The van der Waals surface area contributed by atoms with E-state index in [9.17, 15) is 0 Å². The molecule has 1 atom stereocenters. The molecule has 2 heterocycles. The Morgan fingerprint density at radius 2 is 2.14 bits per heavy atom. The Kier molecular flexibility index (Phi) is 4.12. The van der Waals surface area contributed by atoms with Crippen LogP contribution < -0.4 is 5.32 Å². The fourth-order valence-electron chi connectivity index (χ4n) is 2.18. The molecule has 110 valence electrons. The Balaban J connectivity index is 1.69. The highest BCUT2D eigenvalue weighted by Crippen LogP contribution is 2.26. The molecule has 0 saturated carbocycles. The summed E-state index contributed by atoms with van der Waals surface area (Å²) in [5.74, 6) is 2.52. The van der Waals surface area contributed by atoms with Crippen LogP contribution in [-0.4, -0.2) is 4.98 Å². The second-order valence-corrected chi connectivity index (χ2v) is 5.92. The predicted octanol–water partition coefficient (Wildman–Crippen LogP) is 4.60.